The Bertz CT molecular complexity index is 1530. The number of hydrogen-bond donors (Lipinski definition) is 2. The van der Waals surface area contributed by atoms with Crippen molar-refractivity contribution in [1.29, 1.82) is 0 Å². The molecule has 38 heavy (non-hydrogen) atoms. The number of rotatable bonds is 9. The van der Waals surface area contributed by atoms with Gasteiger partial charge < -0.3 is 10.6 Å². The number of nitrogens with one attached hydrogen (secondary N) is 2. The number of hydrogen-bond acceptors (Lipinski definition) is 6. The molecule has 0 saturated heterocycles. The first-order valence-electron chi connectivity index (χ1n) is 11.8. The molecule has 2 amide bonds. The molecule has 1 atom stereocenters. The number of nitrogens with zero attached hydrogens (tertiary/aromatic N) is 4. The molecule has 0 aliphatic carbocycles. The summed E-state index contributed by atoms with van der Waals surface area (Å²) in [4.78, 5) is 46.4. The van der Waals surface area contributed by atoms with Crippen LogP contribution in [0.2, 0.25) is 0 Å². The Morgan fingerprint density at radius 2 is 1.55 bits per heavy atom. The Morgan fingerprint density at radius 1 is 0.895 bits per heavy atom. The zero-order valence-corrected chi connectivity index (χ0v) is 21.5. The minimum atomic E-state index is -0.486. The smallest absolute Gasteiger partial charge is 0.275 e. The van der Waals surface area contributed by atoms with Crippen LogP contribution in [0, 0.1) is 5.92 Å². The summed E-state index contributed by atoms with van der Waals surface area (Å²) in [6.07, 6.45) is 0. The second kappa shape index (κ2) is 12.0. The average Bonchev–Trinajstić information content (AvgIpc) is 3.42. The van der Waals surface area contributed by atoms with Crippen molar-refractivity contribution in [3.05, 3.63) is 122 Å². The number of amides is 2. The zero-order chi connectivity index (χ0) is 27.1. The third-order valence-corrected chi connectivity index (χ3v) is 6.66. The van der Waals surface area contributed by atoms with E-state index in [4.69, 9.17) is 5.53 Å². The van der Waals surface area contributed by atoms with Crippen molar-refractivity contribution in [2.75, 3.05) is 5.32 Å². The van der Waals surface area contributed by atoms with E-state index in [2.05, 4.69) is 25.6 Å². The fourth-order valence-electron chi connectivity index (χ4n) is 3.79. The number of carbonyl (C=O) groups excluding carboxylic acids is 3. The van der Waals surface area contributed by atoms with Gasteiger partial charge in [0.1, 0.15) is 10.7 Å². The molecule has 0 saturated carbocycles. The summed E-state index contributed by atoms with van der Waals surface area (Å²) in [7, 11) is 0. The number of benzene rings is 3. The van der Waals surface area contributed by atoms with E-state index in [0.29, 0.717) is 21.8 Å². The lowest BCUT2D eigenvalue weighted by Crippen LogP contribution is -2.32. The number of para-hydroxylation sites is 1. The Hall–Kier alpha value is -4.79. The minimum absolute atomic E-state index is 0.0446. The maximum absolute atomic E-state index is 13.1. The summed E-state index contributed by atoms with van der Waals surface area (Å²) in [5.74, 6) is -1.13. The van der Waals surface area contributed by atoms with Crippen LogP contribution >= 0.6 is 11.3 Å². The molecule has 0 fully saturated rings. The van der Waals surface area contributed by atoms with E-state index in [0.717, 1.165) is 0 Å². The summed E-state index contributed by atoms with van der Waals surface area (Å²) in [5.41, 5.74) is 10.7. The van der Waals surface area contributed by atoms with Crippen LogP contribution < -0.4 is 10.6 Å². The summed E-state index contributed by atoms with van der Waals surface area (Å²) >= 11 is 1.25. The second-order valence-corrected chi connectivity index (χ2v) is 9.56. The summed E-state index contributed by atoms with van der Waals surface area (Å²) in [6, 6.07) is 21.7. The first-order valence-corrected chi connectivity index (χ1v) is 12.7. The maximum Gasteiger partial charge on any atom is 0.275 e. The molecular formula is C28H24N6O3S. The van der Waals surface area contributed by atoms with Crippen LogP contribution in [0.25, 0.3) is 10.4 Å². The van der Waals surface area contributed by atoms with Crippen molar-refractivity contribution < 1.29 is 14.4 Å². The first kappa shape index (κ1) is 26.3. The van der Waals surface area contributed by atoms with Crippen LogP contribution in [-0.4, -0.2) is 22.6 Å². The Morgan fingerprint density at radius 3 is 2.26 bits per heavy atom. The number of azide groups is 1. The summed E-state index contributed by atoms with van der Waals surface area (Å²) < 4.78 is 0. The van der Waals surface area contributed by atoms with Crippen molar-refractivity contribution in [2.45, 2.75) is 19.9 Å². The molecule has 1 unspecified atom stereocenters. The van der Waals surface area contributed by atoms with E-state index in [1.807, 2.05) is 19.9 Å². The molecule has 190 valence electrons. The molecule has 9 nitrogen and oxygen atoms in total. The highest BCUT2D eigenvalue weighted by Crippen LogP contribution is 2.28. The molecule has 1 aromatic heterocycles. The quantitative estimate of drug-likeness (QED) is 0.109. The van der Waals surface area contributed by atoms with Gasteiger partial charge in [0.15, 0.2) is 5.78 Å². The minimum Gasteiger partial charge on any atom is -0.343 e. The van der Waals surface area contributed by atoms with Gasteiger partial charge in [0.25, 0.3) is 11.8 Å². The average molecular weight is 525 g/mol. The van der Waals surface area contributed by atoms with Gasteiger partial charge >= 0.3 is 0 Å². The van der Waals surface area contributed by atoms with E-state index < -0.39 is 17.9 Å². The van der Waals surface area contributed by atoms with Gasteiger partial charge in [-0.1, -0.05) is 79.6 Å². The Kier molecular flexibility index (Phi) is 8.27. The van der Waals surface area contributed by atoms with Gasteiger partial charge in [-0.15, -0.1) is 11.3 Å². The van der Waals surface area contributed by atoms with E-state index in [1.165, 1.54) is 11.3 Å². The SMILES string of the molecule is CC(C)C(NC(=O)c1ccccc1N=[N+]=[N-])c1nc(C(=O)Nc2ccccc2C(=O)c2ccccc2)cs1. The summed E-state index contributed by atoms with van der Waals surface area (Å²) in [6.45, 7) is 3.85. The lowest BCUT2D eigenvalue weighted by Gasteiger charge is -2.20. The highest BCUT2D eigenvalue weighted by Gasteiger charge is 2.25. The first-order chi connectivity index (χ1) is 18.4. The lowest BCUT2D eigenvalue weighted by molar-refractivity contribution is 0.0925. The van der Waals surface area contributed by atoms with Crippen molar-refractivity contribution >= 4 is 40.3 Å². The fourth-order valence-corrected chi connectivity index (χ4v) is 4.81. The second-order valence-electron chi connectivity index (χ2n) is 8.67. The lowest BCUT2D eigenvalue weighted by atomic mass is 10.0. The predicted octanol–water partition coefficient (Wildman–Crippen LogP) is 6.70. The van der Waals surface area contributed by atoms with Crippen molar-refractivity contribution in [3.8, 4) is 0 Å². The molecule has 2 N–H and O–H groups in total. The maximum atomic E-state index is 13.1. The number of anilines is 1. The van der Waals surface area contributed by atoms with Gasteiger partial charge in [0, 0.05) is 27.0 Å². The van der Waals surface area contributed by atoms with Crippen LogP contribution in [0.1, 0.15) is 61.7 Å². The van der Waals surface area contributed by atoms with Gasteiger partial charge in [0.05, 0.1) is 17.4 Å². The van der Waals surface area contributed by atoms with E-state index in [-0.39, 0.29) is 28.6 Å². The molecule has 0 aliphatic heterocycles. The third kappa shape index (κ3) is 5.95. The van der Waals surface area contributed by atoms with Crippen molar-refractivity contribution in [2.24, 2.45) is 11.0 Å². The van der Waals surface area contributed by atoms with Gasteiger partial charge in [-0.3, -0.25) is 14.4 Å². The van der Waals surface area contributed by atoms with E-state index in [1.54, 1.807) is 78.2 Å². The molecule has 3 aromatic carbocycles. The van der Waals surface area contributed by atoms with Gasteiger partial charge in [-0.05, 0) is 29.6 Å². The van der Waals surface area contributed by atoms with E-state index in [9.17, 15) is 14.4 Å². The van der Waals surface area contributed by atoms with Crippen LogP contribution in [0.4, 0.5) is 11.4 Å². The molecule has 0 spiro atoms. The molecular weight excluding hydrogens is 500 g/mol. The highest BCUT2D eigenvalue weighted by molar-refractivity contribution is 7.10. The van der Waals surface area contributed by atoms with Gasteiger partial charge in [-0.25, -0.2) is 4.98 Å². The molecule has 0 aliphatic rings. The largest absolute Gasteiger partial charge is 0.343 e. The standard InChI is InChI=1S/C28H24N6O3S/c1-17(2)24(32-26(36)20-13-7-9-15-22(20)33-34-29)28-31-23(16-38-28)27(37)30-21-14-8-6-12-19(21)25(35)18-10-4-3-5-11-18/h3-17,24H,1-2H3,(H,30,37)(H,32,36). The normalized spacial score (nSPS) is 11.3. The zero-order valence-electron chi connectivity index (χ0n) is 20.7. The van der Waals surface area contributed by atoms with Crippen molar-refractivity contribution in [3.63, 3.8) is 0 Å². The number of ketones is 1. The predicted molar refractivity (Wildman–Crippen MR) is 147 cm³/mol. The number of aromatic nitrogens is 1. The third-order valence-electron chi connectivity index (χ3n) is 5.73. The topological polar surface area (TPSA) is 137 Å². The van der Waals surface area contributed by atoms with Crippen LogP contribution in [0.3, 0.4) is 0 Å². The van der Waals surface area contributed by atoms with Crippen LogP contribution in [0.15, 0.2) is 89.4 Å². The molecule has 0 radical (unpaired) electrons. The Balaban J connectivity index is 1.53. The molecule has 1 heterocycles. The van der Waals surface area contributed by atoms with Gasteiger partial charge in [0.2, 0.25) is 0 Å². The molecule has 4 aromatic rings. The Labute approximate surface area is 223 Å². The monoisotopic (exact) mass is 524 g/mol. The molecule has 0 bridgehead atoms. The fraction of sp³-hybridized carbons (Fsp3) is 0.143. The highest BCUT2D eigenvalue weighted by atomic mass is 32.1. The molecule has 4 rings (SSSR count). The van der Waals surface area contributed by atoms with Gasteiger partial charge in [-0.2, -0.15) is 0 Å². The van der Waals surface area contributed by atoms with Crippen LogP contribution in [-0.2, 0) is 0 Å². The van der Waals surface area contributed by atoms with Crippen LogP contribution in [0.5, 0.6) is 0 Å². The molecule has 10 heteroatoms. The van der Waals surface area contributed by atoms with Crippen molar-refractivity contribution in [1.82, 2.24) is 10.3 Å². The van der Waals surface area contributed by atoms with E-state index >= 15 is 0 Å². The summed E-state index contributed by atoms with van der Waals surface area (Å²) in [5, 5.41) is 11.5. The number of thiazole rings is 1. The number of carbonyl (C=O) groups is 3.